The number of rotatable bonds is 6. The number of likely N-dealkylation sites (tertiary alicyclic amines) is 1. The lowest BCUT2D eigenvalue weighted by atomic mass is 10.0. The zero-order chi connectivity index (χ0) is 15.9. The molecule has 7 heteroatoms. The molecule has 0 aromatic heterocycles. The van der Waals surface area contributed by atoms with Crippen molar-refractivity contribution >= 4 is 29.9 Å². The SMILES string of the molecule is Cl.NCCC(=O)NCC1CCCCN1Cc1ccc(F)c(Cl)c1. The van der Waals surface area contributed by atoms with Crippen LogP contribution in [-0.2, 0) is 11.3 Å². The van der Waals surface area contributed by atoms with Crippen molar-refractivity contribution in [1.29, 1.82) is 0 Å². The predicted octanol–water partition coefficient (Wildman–Crippen LogP) is 2.72. The van der Waals surface area contributed by atoms with Crippen LogP contribution in [0.5, 0.6) is 0 Å². The Kier molecular flexibility index (Phi) is 8.84. The number of benzene rings is 1. The third-order valence-corrected chi connectivity index (χ3v) is 4.31. The summed E-state index contributed by atoms with van der Waals surface area (Å²) in [7, 11) is 0. The van der Waals surface area contributed by atoms with Crippen LogP contribution in [0.3, 0.4) is 0 Å². The molecular formula is C16H24Cl2FN3O. The molecule has 0 radical (unpaired) electrons. The van der Waals surface area contributed by atoms with Crippen LogP contribution in [-0.4, -0.2) is 36.5 Å². The van der Waals surface area contributed by atoms with Crippen molar-refractivity contribution in [3.8, 4) is 0 Å². The molecule has 0 saturated carbocycles. The summed E-state index contributed by atoms with van der Waals surface area (Å²) in [5.41, 5.74) is 6.37. The van der Waals surface area contributed by atoms with Crippen LogP contribution in [0.4, 0.5) is 4.39 Å². The van der Waals surface area contributed by atoms with E-state index in [2.05, 4.69) is 10.2 Å². The van der Waals surface area contributed by atoms with Crippen molar-refractivity contribution in [3.05, 3.63) is 34.6 Å². The maximum Gasteiger partial charge on any atom is 0.221 e. The number of amides is 1. The van der Waals surface area contributed by atoms with Gasteiger partial charge in [-0.3, -0.25) is 9.69 Å². The average Bonchev–Trinajstić information content (AvgIpc) is 2.50. The van der Waals surface area contributed by atoms with E-state index in [0.717, 1.165) is 37.9 Å². The van der Waals surface area contributed by atoms with Gasteiger partial charge in [-0.15, -0.1) is 12.4 Å². The Morgan fingerprint density at radius 3 is 2.91 bits per heavy atom. The lowest BCUT2D eigenvalue weighted by Crippen LogP contribution is -2.46. The van der Waals surface area contributed by atoms with Gasteiger partial charge in [-0.1, -0.05) is 24.1 Å². The van der Waals surface area contributed by atoms with Gasteiger partial charge in [0, 0.05) is 32.1 Å². The molecule has 4 nitrogen and oxygen atoms in total. The molecule has 2 rings (SSSR count). The quantitative estimate of drug-likeness (QED) is 0.816. The fourth-order valence-electron chi connectivity index (χ4n) is 2.82. The molecule has 1 amide bonds. The Hall–Kier alpha value is -0.880. The molecule has 0 bridgehead atoms. The first-order valence-corrected chi connectivity index (χ1v) is 8.12. The summed E-state index contributed by atoms with van der Waals surface area (Å²) >= 11 is 5.84. The van der Waals surface area contributed by atoms with Gasteiger partial charge in [-0.2, -0.15) is 0 Å². The smallest absolute Gasteiger partial charge is 0.221 e. The number of hydrogen-bond donors (Lipinski definition) is 2. The molecule has 1 aliphatic heterocycles. The average molecular weight is 364 g/mol. The summed E-state index contributed by atoms with van der Waals surface area (Å²) in [6.07, 6.45) is 3.72. The second kappa shape index (κ2) is 10.1. The van der Waals surface area contributed by atoms with E-state index in [0.29, 0.717) is 25.6 Å². The maximum atomic E-state index is 13.2. The van der Waals surface area contributed by atoms with Crippen LogP contribution in [0.2, 0.25) is 5.02 Å². The van der Waals surface area contributed by atoms with Gasteiger partial charge in [-0.05, 0) is 37.1 Å². The minimum absolute atomic E-state index is 0. The van der Waals surface area contributed by atoms with Gasteiger partial charge in [0.2, 0.25) is 5.91 Å². The molecule has 0 aliphatic carbocycles. The summed E-state index contributed by atoms with van der Waals surface area (Å²) in [6.45, 7) is 2.70. The molecule has 1 unspecified atom stereocenters. The van der Waals surface area contributed by atoms with E-state index >= 15 is 0 Å². The predicted molar refractivity (Wildman–Crippen MR) is 93.4 cm³/mol. The number of carbonyl (C=O) groups excluding carboxylic acids is 1. The fourth-order valence-corrected chi connectivity index (χ4v) is 3.03. The van der Waals surface area contributed by atoms with Gasteiger partial charge >= 0.3 is 0 Å². The molecule has 1 fully saturated rings. The largest absolute Gasteiger partial charge is 0.354 e. The van der Waals surface area contributed by atoms with Crippen molar-refractivity contribution in [1.82, 2.24) is 10.2 Å². The third kappa shape index (κ3) is 6.26. The second-order valence-electron chi connectivity index (χ2n) is 5.71. The van der Waals surface area contributed by atoms with Gasteiger partial charge in [0.05, 0.1) is 5.02 Å². The number of nitrogens with two attached hydrogens (primary N) is 1. The number of hydrogen-bond acceptors (Lipinski definition) is 3. The Bertz CT molecular complexity index is 516. The molecule has 23 heavy (non-hydrogen) atoms. The maximum absolute atomic E-state index is 13.2. The lowest BCUT2D eigenvalue weighted by Gasteiger charge is -2.36. The van der Waals surface area contributed by atoms with E-state index in [1.807, 2.05) is 0 Å². The number of halogens is 3. The first-order valence-electron chi connectivity index (χ1n) is 7.75. The lowest BCUT2D eigenvalue weighted by molar-refractivity contribution is -0.121. The van der Waals surface area contributed by atoms with E-state index in [4.69, 9.17) is 17.3 Å². The van der Waals surface area contributed by atoms with E-state index in [1.165, 1.54) is 6.07 Å². The molecule has 1 saturated heterocycles. The standard InChI is InChI=1S/C16H23ClFN3O.ClH/c17-14-9-12(4-5-15(14)18)11-21-8-2-1-3-13(21)10-20-16(22)6-7-19;/h4-5,9,13H,1-3,6-8,10-11,19H2,(H,20,22);1H. The molecule has 1 heterocycles. The van der Waals surface area contributed by atoms with Crippen LogP contribution in [0, 0.1) is 5.82 Å². The molecule has 1 aliphatic rings. The van der Waals surface area contributed by atoms with Gasteiger partial charge in [0.15, 0.2) is 0 Å². The highest BCUT2D eigenvalue weighted by molar-refractivity contribution is 6.30. The van der Waals surface area contributed by atoms with Gasteiger partial charge in [-0.25, -0.2) is 4.39 Å². The van der Waals surface area contributed by atoms with Crippen LogP contribution in [0.15, 0.2) is 18.2 Å². The van der Waals surface area contributed by atoms with Gasteiger partial charge in [0.1, 0.15) is 5.82 Å². The molecule has 1 aromatic carbocycles. The minimum Gasteiger partial charge on any atom is -0.354 e. The zero-order valence-electron chi connectivity index (χ0n) is 13.1. The summed E-state index contributed by atoms with van der Waals surface area (Å²) in [6, 6.07) is 5.15. The highest BCUT2D eigenvalue weighted by Crippen LogP contribution is 2.22. The Morgan fingerprint density at radius 2 is 2.22 bits per heavy atom. The van der Waals surface area contributed by atoms with Gasteiger partial charge in [0.25, 0.3) is 0 Å². The van der Waals surface area contributed by atoms with E-state index < -0.39 is 5.82 Å². The molecule has 130 valence electrons. The molecule has 1 aromatic rings. The second-order valence-corrected chi connectivity index (χ2v) is 6.12. The highest BCUT2D eigenvalue weighted by Gasteiger charge is 2.23. The van der Waals surface area contributed by atoms with Crippen molar-refractivity contribution in [2.45, 2.75) is 38.3 Å². The summed E-state index contributed by atoms with van der Waals surface area (Å²) < 4.78 is 13.2. The van der Waals surface area contributed by atoms with Crippen LogP contribution in [0.25, 0.3) is 0 Å². The fraction of sp³-hybridized carbons (Fsp3) is 0.562. The highest BCUT2D eigenvalue weighted by atomic mass is 35.5. The van der Waals surface area contributed by atoms with Crippen LogP contribution < -0.4 is 11.1 Å². The topological polar surface area (TPSA) is 58.4 Å². The summed E-state index contributed by atoms with van der Waals surface area (Å²) in [5.74, 6) is -0.396. The minimum atomic E-state index is -0.394. The summed E-state index contributed by atoms with van der Waals surface area (Å²) in [4.78, 5) is 13.9. The molecular weight excluding hydrogens is 340 g/mol. The van der Waals surface area contributed by atoms with Crippen molar-refractivity contribution in [2.75, 3.05) is 19.6 Å². The number of piperidine rings is 1. The van der Waals surface area contributed by atoms with Crippen molar-refractivity contribution < 1.29 is 9.18 Å². The molecule has 3 N–H and O–H groups in total. The first kappa shape index (κ1) is 20.2. The number of nitrogens with zero attached hydrogens (tertiary/aromatic N) is 1. The van der Waals surface area contributed by atoms with Gasteiger partial charge < -0.3 is 11.1 Å². The number of carbonyl (C=O) groups is 1. The van der Waals surface area contributed by atoms with E-state index in [9.17, 15) is 9.18 Å². The molecule has 1 atom stereocenters. The van der Waals surface area contributed by atoms with E-state index in [-0.39, 0.29) is 23.3 Å². The molecule has 0 spiro atoms. The number of nitrogens with one attached hydrogen (secondary N) is 1. The summed E-state index contributed by atoms with van der Waals surface area (Å²) in [5, 5.41) is 3.10. The van der Waals surface area contributed by atoms with Crippen LogP contribution in [0.1, 0.15) is 31.2 Å². The monoisotopic (exact) mass is 363 g/mol. The normalized spacial score (nSPS) is 18.3. The van der Waals surface area contributed by atoms with E-state index in [1.54, 1.807) is 12.1 Å². The Balaban J connectivity index is 0.00000264. The van der Waals surface area contributed by atoms with Crippen molar-refractivity contribution in [2.24, 2.45) is 5.73 Å². The third-order valence-electron chi connectivity index (χ3n) is 4.03. The Morgan fingerprint density at radius 1 is 1.43 bits per heavy atom. The Labute approximate surface area is 148 Å². The van der Waals surface area contributed by atoms with Crippen molar-refractivity contribution in [3.63, 3.8) is 0 Å². The zero-order valence-corrected chi connectivity index (χ0v) is 14.6. The van der Waals surface area contributed by atoms with Crippen LogP contribution >= 0.6 is 24.0 Å². The first-order chi connectivity index (χ1) is 10.6.